The van der Waals surface area contributed by atoms with Crippen LogP contribution in [0.4, 0.5) is 0 Å². The van der Waals surface area contributed by atoms with Crippen molar-refractivity contribution in [3.8, 4) is 5.75 Å². The molecule has 1 spiro atoms. The Labute approximate surface area is 197 Å². The number of aliphatic carboxylic acids is 1. The van der Waals surface area contributed by atoms with Crippen LogP contribution in [0.2, 0.25) is 0 Å². The first-order valence-corrected chi connectivity index (χ1v) is 11.5. The highest BCUT2D eigenvalue weighted by Gasteiger charge is 2.71. The van der Waals surface area contributed by atoms with Crippen molar-refractivity contribution < 1.29 is 38.8 Å². The van der Waals surface area contributed by atoms with Gasteiger partial charge in [0.1, 0.15) is 17.4 Å². The van der Waals surface area contributed by atoms with Gasteiger partial charge in [-0.15, -0.1) is 0 Å². The highest BCUT2D eigenvalue weighted by Crippen LogP contribution is 2.64. The van der Waals surface area contributed by atoms with Gasteiger partial charge in [0.2, 0.25) is 6.10 Å². The number of hydrogen-bond acceptors (Lipinski definition) is 8. The zero-order valence-electron chi connectivity index (χ0n) is 19.7. The number of benzene rings is 1. The summed E-state index contributed by atoms with van der Waals surface area (Å²) >= 11 is 0. The van der Waals surface area contributed by atoms with Crippen molar-refractivity contribution in [1.82, 2.24) is 4.90 Å². The molecule has 9 nitrogen and oxygen atoms in total. The quantitative estimate of drug-likeness (QED) is 0.615. The molecule has 2 aliphatic heterocycles. The molecule has 5 rings (SSSR count). The van der Waals surface area contributed by atoms with Gasteiger partial charge in [-0.3, -0.25) is 9.59 Å². The van der Waals surface area contributed by atoms with Gasteiger partial charge < -0.3 is 29.3 Å². The van der Waals surface area contributed by atoms with Crippen molar-refractivity contribution in [2.45, 2.75) is 69.3 Å². The minimum Gasteiger partial charge on any atom is -0.481 e. The molecule has 6 atom stereocenters. The van der Waals surface area contributed by atoms with E-state index in [4.69, 9.17) is 14.2 Å². The lowest BCUT2D eigenvalue weighted by atomic mass is 9.50. The van der Waals surface area contributed by atoms with Gasteiger partial charge in [-0.05, 0) is 57.5 Å². The molecule has 2 N–H and O–H groups in total. The van der Waals surface area contributed by atoms with Gasteiger partial charge in [-0.25, -0.2) is 4.79 Å². The van der Waals surface area contributed by atoms with Crippen molar-refractivity contribution in [3.63, 3.8) is 0 Å². The Hall–Kier alpha value is -2.91. The maximum absolute atomic E-state index is 13.0. The van der Waals surface area contributed by atoms with E-state index in [1.165, 1.54) is 6.92 Å². The van der Waals surface area contributed by atoms with E-state index in [2.05, 4.69) is 11.0 Å². The molecule has 4 aliphatic rings. The van der Waals surface area contributed by atoms with E-state index in [-0.39, 0.29) is 18.2 Å². The lowest BCUT2D eigenvalue weighted by molar-refractivity contribution is -0.177. The van der Waals surface area contributed by atoms with Gasteiger partial charge in [0.15, 0.2) is 6.10 Å². The van der Waals surface area contributed by atoms with E-state index < -0.39 is 47.0 Å². The number of rotatable bonds is 5. The van der Waals surface area contributed by atoms with Crippen molar-refractivity contribution in [1.29, 1.82) is 0 Å². The zero-order valence-corrected chi connectivity index (χ0v) is 19.7. The molecule has 0 radical (unpaired) electrons. The van der Waals surface area contributed by atoms with E-state index in [9.17, 15) is 24.6 Å². The van der Waals surface area contributed by atoms with Crippen LogP contribution in [-0.2, 0) is 35.7 Å². The van der Waals surface area contributed by atoms with Gasteiger partial charge in [0.25, 0.3) is 0 Å². The Morgan fingerprint density at radius 2 is 2.03 bits per heavy atom. The Morgan fingerprint density at radius 3 is 2.71 bits per heavy atom. The number of carboxylic acid groups (broad SMARTS) is 1. The fraction of sp³-hybridized carbons (Fsp3) is 0.560. The number of piperidine rings is 1. The molecule has 1 fully saturated rings. The molecule has 9 heteroatoms. The number of hydrogen-bond donors (Lipinski definition) is 2. The number of esters is 2. The molecule has 182 valence electrons. The van der Waals surface area contributed by atoms with Crippen molar-refractivity contribution >= 4 is 17.9 Å². The van der Waals surface area contributed by atoms with Gasteiger partial charge in [-0.1, -0.05) is 12.1 Å². The lowest BCUT2D eigenvalue weighted by Gasteiger charge is -2.61. The second kappa shape index (κ2) is 7.55. The van der Waals surface area contributed by atoms with Crippen LogP contribution in [0, 0.1) is 12.8 Å². The monoisotopic (exact) mass is 471 g/mol. The molecule has 1 aromatic carbocycles. The maximum Gasteiger partial charge on any atom is 0.345 e. The predicted molar refractivity (Wildman–Crippen MR) is 118 cm³/mol. The third kappa shape index (κ3) is 2.89. The Kier molecular flexibility index (Phi) is 5.07. The van der Waals surface area contributed by atoms with Gasteiger partial charge in [0, 0.05) is 24.9 Å². The Bertz CT molecular complexity index is 1130. The summed E-state index contributed by atoms with van der Waals surface area (Å²) in [6, 6.07) is 3.99. The summed E-state index contributed by atoms with van der Waals surface area (Å²) in [6.45, 7) is 5.14. The number of carbonyl (C=O) groups excluding carboxylic acids is 2. The number of aliphatic hydroxyl groups is 1. The average Bonchev–Trinajstić information content (AvgIpc) is 3.13. The van der Waals surface area contributed by atoms with Crippen LogP contribution < -0.4 is 4.74 Å². The minimum absolute atomic E-state index is 0.110. The van der Waals surface area contributed by atoms with Gasteiger partial charge >= 0.3 is 17.9 Å². The van der Waals surface area contributed by atoms with Crippen LogP contribution in [0.15, 0.2) is 24.0 Å². The molecular formula is C25H29NO8. The standard InChI is InChI=1S/C25H29NO8/c1-12-5-6-15-11-17-25(31)8-7-16(33-23(30)13(2)20(22(28)29)32-14(3)27)21-24(25,9-10-26(17)4)18(15)19(12)34-21/h5-7,13,17,20-21,31H,8-11H2,1-4H3,(H,28,29)/t13-,17+,20-,21-,24-,25+/m0/s1. The molecule has 0 aromatic heterocycles. The van der Waals surface area contributed by atoms with Gasteiger partial charge in [-0.2, -0.15) is 0 Å². The number of carboxylic acids is 1. The van der Waals surface area contributed by atoms with Crippen LogP contribution in [0.25, 0.3) is 0 Å². The Balaban J connectivity index is 1.53. The third-order valence-electron chi connectivity index (χ3n) is 8.15. The topological polar surface area (TPSA) is 123 Å². The van der Waals surface area contributed by atoms with Crippen molar-refractivity contribution in [2.75, 3.05) is 13.6 Å². The number of nitrogens with zero attached hydrogens (tertiary/aromatic N) is 1. The fourth-order valence-corrected chi connectivity index (χ4v) is 6.46. The summed E-state index contributed by atoms with van der Waals surface area (Å²) in [5.41, 5.74) is 1.21. The molecule has 1 aromatic rings. The molecule has 0 unspecified atom stereocenters. The third-order valence-corrected chi connectivity index (χ3v) is 8.15. The zero-order chi connectivity index (χ0) is 24.6. The lowest BCUT2D eigenvalue weighted by Crippen LogP contribution is -2.74. The van der Waals surface area contributed by atoms with Gasteiger partial charge in [0.05, 0.1) is 11.0 Å². The van der Waals surface area contributed by atoms with Crippen LogP contribution >= 0.6 is 0 Å². The highest BCUT2D eigenvalue weighted by molar-refractivity contribution is 5.85. The Morgan fingerprint density at radius 1 is 1.29 bits per heavy atom. The minimum atomic E-state index is -1.66. The summed E-state index contributed by atoms with van der Waals surface area (Å²) < 4.78 is 17.0. The van der Waals surface area contributed by atoms with Crippen LogP contribution in [0.5, 0.6) is 5.75 Å². The number of likely N-dealkylation sites (tertiary alicyclic amines) is 1. The number of likely N-dealkylation sites (N-methyl/N-ethyl adjacent to an activating group) is 1. The van der Waals surface area contributed by atoms with Crippen molar-refractivity contribution in [2.24, 2.45) is 5.92 Å². The fourth-order valence-electron chi connectivity index (χ4n) is 6.46. The number of carbonyl (C=O) groups is 3. The number of aryl methyl sites for hydroxylation is 1. The van der Waals surface area contributed by atoms with Crippen LogP contribution in [-0.4, -0.2) is 70.5 Å². The van der Waals surface area contributed by atoms with E-state index in [1.54, 1.807) is 6.08 Å². The van der Waals surface area contributed by atoms with E-state index >= 15 is 0 Å². The molecule has 0 amide bonds. The first kappa shape index (κ1) is 22.9. The predicted octanol–water partition coefficient (Wildman–Crippen LogP) is 1.47. The van der Waals surface area contributed by atoms with E-state index in [0.717, 1.165) is 35.9 Å². The molecule has 2 bridgehead atoms. The van der Waals surface area contributed by atoms with Crippen LogP contribution in [0.1, 0.15) is 43.4 Å². The highest BCUT2D eigenvalue weighted by atomic mass is 16.6. The van der Waals surface area contributed by atoms with E-state index in [1.807, 2.05) is 20.0 Å². The molecule has 2 aliphatic carbocycles. The summed E-state index contributed by atoms with van der Waals surface area (Å²) in [5.74, 6) is -3.31. The summed E-state index contributed by atoms with van der Waals surface area (Å²) in [6.07, 6.45) is 0.912. The smallest absolute Gasteiger partial charge is 0.345 e. The van der Waals surface area contributed by atoms with Crippen LogP contribution in [0.3, 0.4) is 0 Å². The molecule has 0 saturated carbocycles. The first-order valence-electron chi connectivity index (χ1n) is 11.5. The normalized spacial score (nSPS) is 32.6. The summed E-state index contributed by atoms with van der Waals surface area (Å²) in [4.78, 5) is 38.1. The summed E-state index contributed by atoms with van der Waals surface area (Å²) in [7, 11) is 2.02. The number of ether oxygens (including phenoxy) is 3. The summed E-state index contributed by atoms with van der Waals surface area (Å²) in [5, 5.41) is 21.6. The molecule has 34 heavy (non-hydrogen) atoms. The van der Waals surface area contributed by atoms with Crippen molar-refractivity contribution in [3.05, 3.63) is 40.7 Å². The second-order valence-electron chi connectivity index (χ2n) is 9.98. The average molecular weight is 472 g/mol. The molecule has 2 heterocycles. The van der Waals surface area contributed by atoms with E-state index in [0.29, 0.717) is 12.8 Å². The largest absolute Gasteiger partial charge is 0.481 e. The second-order valence-corrected chi connectivity index (χ2v) is 9.98. The first-order chi connectivity index (χ1) is 16.0. The maximum atomic E-state index is 13.0. The SMILES string of the molecule is CC(=O)O[C@H](C(=O)O)[C@H](C)C(=O)OC1=CC[C@@]2(O)[C@H]3Cc4ccc(C)c5c4[C@@]2(CCN3C)[C@H]1O5. The molecular weight excluding hydrogens is 442 g/mol. The molecule has 1 saturated heterocycles.